The van der Waals surface area contributed by atoms with Crippen LogP contribution in [0.2, 0.25) is 0 Å². The number of rotatable bonds is 7. The molecule has 1 amide bonds. The number of hydrogen-bond acceptors (Lipinski definition) is 3. The molecule has 2 atom stereocenters. The summed E-state index contributed by atoms with van der Waals surface area (Å²) in [5.41, 5.74) is 0. The molecule has 1 heterocycles. The van der Waals surface area contributed by atoms with Gasteiger partial charge in [-0.1, -0.05) is 6.92 Å². The highest BCUT2D eigenvalue weighted by Crippen LogP contribution is 2.13. The molecular weight excluding hydrogens is 224 g/mol. The average molecular weight is 246 g/mol. The van der Waals surface area contributed by atoms with Gasteiger partial charge in [-0.25, -0.2) is 0 Å². The first-order valence-electron chi connectivity index (χ1n) is 6.04. The molecule has 2 unspecified atom stereocenters. The Morgan fingerprint density at radius 2 is 2.38 bits per heavy atom. The SMILES string of the molecule is CCS(=O)CCNC(=O)CCC1CCNC1. The molecular formula is C11H22N2O2S. The maximum atomic E-state index is 11.4. The number of amides is 1. The zero-order chi connectivity index (χ0) is 11.8. The normalized spacial score (nSPS) is 21.9. The first-order valence-corrected chi connectivity index (χ1v) is 7.53. The van der Waals surface area contributed by atoms with Crippen molar-refractivity contribution in [2.45, 2.75) is 26.2 Å². The molecule has 0 aromatic heterocycles. The van der Waals surface area contributed by atoms with Crippen LogP contribution in [0.15, 0.2) is 0 Å². The summed E-state index contributed by atoms with van der Waals surface area (Å²) in [7, 11) is -0.774. The van der Waals surface area contributed by atoms with Crippen LogP contribution < -0.4 is 10.6 Å². The van der Waals surface area contributed by atoms with Crippen LogP contribution in [-0.2, 0) is 15.6 Å². The average Bonchev–Trinajstić information content (AvgIpc) is 2.79. The molecule has 1 rings (SSSR count). The quantitative estimate of drug-likeness (QED) is 0.677. The summed E-state index contributed by atoms with van der Waals surface area (Å²) < 4.78 is 11.1. The van der Waals surface area contributed by atoms with Gasteiger partial charge in [0.2, 0.25) is 5.91 Å². The van der Waals surface area contributed by atoms with Gasteiger partial charge in [-0.2, -0.15) is 0 Å². The smallest absolute Gasteiger partial charge is 0.220 e. The highest BCUT2D eigenvalue weighted by Gasteiger charge is 2.15. The topological polar surface area (TPSA) is 58.2 Å². The van der Waals surface area contributed by atoms with Crippen LogP contribution in [0.5, 0.6) is 0 Å². The summed E-state index contributed by atoms with van der Waals surface area (Å²) >= 11 is 0. The molecule has 94 valence electrons. The van der Waals surface area contributed by atoms with Crippen LogP contribution in [0, 0.1) is 5.92 Å². The van der Waals surface area contributed by atoms with E-state index in [9.17, 15) is 9.00 Å². The Morgan fingerprint density at radius 1 is 1.56 bits per heavy atom. The molecule has 0 radical (unpaired) electrons. The minimum atomic E-state index is -0.774. The second-order valence-electron chi connectivity index (χ2n) is 4.18. The Kier molecular flexibility index (Phi) is 6.64. The van der Waals surface area contributed by atoms with Crippen LogP contribution in [-0.4, -0.2) is 41.3 Å². The summed E-state index contributed by atoms with van der Waals surface area (Å²) in [5.74, 6) is 2.01. The Balaban J connectivity index is 2.00. The second kappa shape index (κ2) is 7.79. The van der Waals surface area contributed by atoms with Crippen LogP contribution >= 0.6 is 0 Å². The zero-order valence-corrected chi connectivity index (χ0v) is 10.8. The van der Waals surface area contributed by atoms with Crippen molar-refractivity contribution in [3.8, 4) is 0 Å². The van der Waals surface area contributed by atoms with E-state index >= 15 is 0 Å². The number of carbonyl (C=O) groups is 1. The van der Waals surface area contributed by atoms with Gasteiger partial charge in [-0.05, 0) is 31.8 Å². The molecule has 0 aliphatic carbocycles. The predicted octanol–water partition coefficient (Wildman–Crippen LogP) is 0.261. The molecule has 0 saturated carbocycles. The van der Waals surface area contributed by atoms with E-state index in [0.29, 0.717) is 30.4 Å². The molecule has 4 nitrogen and oxygen atoms in total. The lowest BCUT2D eigenvalue weighted by Gasteiger charge is -2.08. The molecule has 0 bridgehead atoms. The third-order valence-electron chi connectivity index (χ3n) is 2.92. The van der Waals surface area contributed by atoms with Gasteiger partial charge in [0.05, 0.1) is 0 Å². The lowest BCUT2D eigenvalue weighted by molar-refractivity contribution is -0.121. The fraction of sp³-hybridized carbons (Fsp3) is 0.909. The van der Waals surface area contributed by atoms with Crippen LogP contribution in [0.4, 0.5) is 0 Å². The summed E-state index contributed by atoms with van der Waals surface area (Å²) in [6.45, 7) is 4.57. The van der Waals surface area contributed by atoms with Crippen molar-refractivity contribution < 1.29 is 9.00 Å². The van der Waals surface area contributed by atoms with Crippen molar-refractivity contribution in [2.75, 3.05) is 31.1 Å². The van der Waals surface area contributed by atoms with Gasteiger partial charge in [-0.3, -0.25) is 9.00 Å². The van der Waals surface area contributed by atoms with Gasteiger partial charge >= 0.3 is 0 Å². The third kappa shape index (κ3) is 5.61. The summed E-state index contributed by atoms with van der Waals surface area (Å²) in [4.78, 5) is 11.4. The largest absolute Gasteiger partial charge is 0.355 e. The molecule has 16 heavy (non-hydrogen) atoms. The maximum Gasteiger partial charge on any atom is 0.220 e. The number of carbonyl (C=O) groups excluding carboxylic acids is 1. The van der Waals surface area contributed by atoms with E-state index in [2.05, 4.69) is 10.6 Å². The lowest BCUT2D eigenvalue weighted by Crippen LogP contribution is -2.28. The van der Waals surface area contributed by atoms with Gasteiger partial charge in [0.1, 0.15) is 0 Å². The maximum absolute atomic E-state index is 11.4. The van der Waals surface area contributed by atoms with E-state index in [1.165, 1.54) is 6.42 Å². The molecule has 1 aliphatic heterocycles. The minimum Gasteiger partial charge on any atom is -0.355 e. The van der Waals surface area contributed by atoms with Crippen molar-refractivity contribution in [3.63, 3.8) is 0 Å². The molecule has 1 fully saturated rings. The van der Waals surface area contributed by atoms with E-state index in [1.807, 2.05) is 6.92 Å². The molecule has 1 aliphatic rings. The molecule has 5 heteroatoms. The van der Waals surface area contributed by atoms with E-state index in [-0.39, 0.29) is 5.91 Å². The molecule has 0 aromatic rings. The minimum absolute atomic E-state index is 0.0972. The summed E-state index contributed by atoms with van der Waals surface area (Å²) in [5, 5.41) is 6.11. The Hall–Kier alpha value is -0.420. The van der Waals surface area contributed by atoms with Crippen molar-refractivity contribution >= 4 is 16.7 Å². The first kappa shape index (κ1) is 13.6. The Morgan fingerprint density at radius 3 is 3.00 bits per heavy atom. The van der Waals surface area contributed by atoms with Crippen molar-refractivity contribution in [3.05, 3.63) is 0 Å². The van der Waals surface area contributed by atoms with Gasteiger partial charge in [0, 0.05) is 35.3 Å². The van der Waals surface area contributed by atoms with Crippen LogP contribution in [0.3, 0.4) is 0 Å². The van der Waals surface area contributed by atoms with Gasteiger partial charge in [-0.15, -0.1) is 0 Å². The fourth-order valence-corrected chi connectivity index (χ4v) is 2.45. The third-order valence-corrected chi connectivity index (χ3v) is 4.22. The van der Waals surface area contributed by atoms with Gasteiger partial charge in [0.25, 0.3) is 0 Å². The van der Waals surface area contributed by atoms with Crippen molar-refractivity contribution in [1.82, 2.24) is 10.6 Å². The van der Waals surface area contributed by atoms with Gasteiger partial charge in [0.15, 0.2) is 0 Å². The Bertz CT molecular complexity index is 240. The lowest BCUT2D eigenvalue weighted by atomic mass is 10.0. The molecule has 2 N–H and O–H groups in total. The summed E-state index contributed by atoms with van der Waals surface area (Å²) in [6, 6.07) is 0. The second-order valence-corrected chi connectivity index (χ2v) is 6.05. The fourth-order valence-electron chi connectivity index (χ4n) is 1.83. The molecule has 0 aromatic carbocycles. The van der Waals surface area contributed by atoms with E-state index in [1.54, 1.807) is 0 Å². The number of hydrogen-bond donors (Lipinski definition) is 2. The van der Waals surface area contributed by atoms with Crippen LogP contribution in [0.1, 0.15) is 26.2 Å². The van der Waals surface area contributed by atoms with E-state index in [4.69, 9.17) is 0 Å². The van der Waals surface area contributed by atoms with Crippen molar-refractivity contribution in [2.24, 2.45) is 5.92 Å². The molecule has 1 saturated heterocycles. The highest BCUT2D eigenvalue weighted by molar-refractivity contribution is 7.84. The molecule has 0 spiro atoms. The Labute approximate surface area is 100 Å². The monoisotopic (exact) mass is 246 g/mol. The first-order chi connectivity index (χ1) is 7.72. The highest BCUT2D eigenvalue weighted by atomic mass is 32.2. The number of nitrogens with one attached hydrogen (secondary N) is 2. The predicted molar refractivity (Wildman–Crippen MR) is 66.8 cm³/mol. The van der Waals surface area contributed by atoms with E-state index < -0.39 is 10.8 Å². The standard InChI is InChI=1S/C11H22N2O2S/c1-2-16(15)8-7-13-11(14)4-3-10-5-6-12-9-10/h10,12H,2-9H2,1H3,(H,13,14). The van der Waals surface area contributed by atoms with E-state index in [0.717, 1.165) is 19.5 Å². The van der Waals surface area contributed by atoms with Crippen molar-refractivity contribution in [1.29, 1.82) is 0 Å². The zero-order valence-electron chi connectivity index (χ0n) is 9.96. The van der Waals surface area contributed by atoms with Crippen LogP contribution in [0.25, 0.3) is 0 Å². The summed E-state index contributed by atoms with van der Waals surface area (Å²) in [6.07, 6.45) is 2.76. The van der Waals surface area contributed by atoms with Gasteiger partial charge < -0.3 is 10.6 Å².